The van der Waals surface area contributed by atoms with Crippen molar-refractivity contribution in [1.29, 1.82) is 0 Å². The van der Waals surface area contributed by atoms with E-state index in [0.29, 0.717) is 22.5 Å². The number of aromatic nitrogens is 2. The van der Waals surface area contributed by atoms with Crippen LogP contribution in [-0.4, -0.2) is 21.6 Å². The van der Waals surface area contributed by atoms with Gasteiger partial charge in [0.15, 0.2) is 0 Å². The Morgan fingerprint density at radius 1 is 0.871 bits per heavy atom. The molecule has 0 spiro atoms. The van der Waals surface area contributed by atoms with Crippen LogP contribution in [0.4, 0.5) is 15.8 Å². The normalized spacial score (nSPS) is 10.5. The fraction of sp³-hybridized carbons (Fsp3) is 0.0417. The van der Waals surface area contributed by atoms with Gasteiger partial charge in [-0.25, -0.2) is 9.07 Å². The van der Waals surface area contributed by atoms with Crippen LogP contribution >= 0.6 is 0 Å². The highest BCUT2D eigenvalue weighted by Gasteiger charge is 2.16. The summed E-state index contributed by atoms with van der Waals surface area (Å²) in [6.45, 7) is 1.76. The highest BCUT2D eigenvalue weighted by molar-refractivity contribution is 6.08. The number of nitrogens with one attached hydrogen (secondary N) is 2. The smallest absolute Gasteiger partial charge is 0.258 e. The molecule has 0 aliphatic rings. The number of anilines is 2. The van der Waals surface area contributed by atoms with E-state index >= 15 is 0 Å². The van der Waals surface area contributed by atoms with Gasteiger partial charge in [-0.1, -0.05) is 36.4 Å². The van der Waals surface area contributed by atoms with Gasteiger partial charge < -0.3 is 10.6 Å². The molecule has 0 saturated heterocycles. The van der Waals surface area contributed by atoms with Crippen LogP contribution in [0, 0.1) is 12.7 Å². The van der Waals surface area contributed by atoms with Crippen LogP contribution in [0.25, 0.3) is 5.69 Å². The first kappa shape index (κ1) is 20.0. The largest absolute Gasteiger partial charge is 0.322 e. The van der Waals surface area contributed by atoms with E-state index in [-0.39, 0.29) is 17.2 Å². The third-order valence-electron chi connectivity index (χ3n) is 4.80. The van der Waals surface area contributed by atoms with Crippen LogP contribution in [0.2, 0.25) is 0 Å². The van der Waals surface area contributed by atoms with E-state index in [9.17, 15) is 14.0 Å². The molecule has 0 bridgehead atoms. The first-order valence-corrected chi connectivity index (χ1v) is 9.60. The standard InChI is InChI=1S/C24H19FN4O2/c1-16-19(24(31)27-18-8-3-2-4-9-18)10-7-12-21(16)28-23(30)17-14-26-29(15-17)22-13-6-5-11-20(22)25/h2-15H,1H3,(H,27,31)(H,28,30). The number of para-hydroxylation sites is 2. The Morgan fingerprint density at radius 3 is 2.39 bits per heavy atom. The van der Waals surface area contributed by atoms with Crippen molar-refractivity contribution in [2.45, 2.75) is 6.92 Å². The molecule has 0 fully saturated rings. The number of amides is 2. The van der Waals surface area contributed by atoms with Gasteiger partial charge in [0.25, 0.3) is 11.8 Å². The molecule has 3 aromatic carbocycles. The molecule has 1 heterocycles. The Labute approximate surface area is 178 Å². The lowest BCUT2D eigenvalue weighted by molar-refractivity contribution is 0.101. The van der Waals surface area contributed by atoms with Crippen LogP contribution in [0.3, 0.4) is 0 Å². The predicted octanol–water partition coefficient (Wildman–Crippen LogP) is 4.82. The van der Waals surface area contributed by atoms with E-state index in [0.717, 1.165) is 0 Å². The van der Waals surface area contributed by atoms with Crippen molar-refractivity contribution >= 4 is 23.2 Å². The summed E-state index contributed by atoms with van der Waals surface area (Å²) >= 11 is 0. The number of hydrogen-bond acceptors (Lipinski definition) is 3. The molecule has 0 atom stereocenters. The molecule has 0 saturated carbocycles. The minimum Gasteiger partial charge on any atom is -0.322 e. The number of nitrogens with zero attached hydrogens (tertiary/aromatic N) is 2. The van der Waals surface area contributed by atoms with Gasteiger partial charge in [-0.15, -0.1) is 0 Å². The van der Waals surface area contributed by atoms with Crippen LogP contribution in [0.15, 0.2) is 85.2 Å². The van der Waals surface area contributed by atoms with Crippen LogP contribution in [-0.2, 0) is 0 Å². The SMILES string of the molecule is Cc1c(NC(=O)c2cnn(-c3ccccc3F)c2)cccc1C(=O)Nc1ccccc1. The third kappa shape index (κ3) is 4.35. The molecule has 0 unspecified atom stereocenters. The first-order chi connectivity index (χ1) is 15.0. The zero-order valence-corrected chi connectivity index (χ0v) is 16.7. The second-order valence-corrected chi connectivity index (χ2v) is 6.88. The third-order valence-corrected chi connectivity index (χ3v) is 4.80. The van der Waals surface area contributed by atoms with Gasteiger partial charge in [0.2, 0.25) is 0 Å². The fourth-order valence-electron chi connectivity index (χ4n) is 3.14. The molecular formula is C24H19FN4O2. The Bertz CT molecular complexity index is 1250. The van der Waals surface area contributed by atoms with Crippen molar-refractivity contribution in [1.82, 2.24) is 9.78 Å². The van der Waals surface area contributed by atoms with E-state index in [2.05, 4.69) is 15.7 Å². The Hall–Kier alpha value is -4.26. The summed E-state index contributed by atoms with van der Waals surface area (Å²) < 4.78 is 15.3. The lowest BCUT2D eigenvalue weighted by Crippen LogP contribution is -2.16. The second kappa shape index (κ2) is 8.62. The molecule has 4 rings (SSSR count). The topological polar surface area (TPSA) is 76.0 Å². The Morgan fingerprint density at radius 2 is 1.61 bits per heavy atom. The summed E-state index contributed by atoms with van der Waals surface area (Å²) in [6, 6.07) is 20.4. The van der Waals surface area contributed by atoms with Gasteiger partial charge in [0, 0.05) is 23.1 Å². The average molecular weight is 414 g/mol. The first-order valence-electron chi connectivity index (χ1n) is 9.60. The average Bonchev–Trinajstić information content (AvgIpc) is 3.26. The molecule has 2 N–H and O–H groups in total. The van der Waals surface area contributed by atoms with Gasteiger partial charge >= 0.3 is 0 Å². The maximum atomic E-state index is 14.0. The van der Waals surface area contributed by atoms with Crippen molar-refractivity contribution in [3.05, 3.63) is 108 Å². The summed E-state index contributed by atoms with van der Waals surface area (Å²) in [5.74, 6) is -1.12. The number of carbonyl (C=O) groups excluding carboxylic acids is 2. The highest BCUT2D eigenvalue weighted by atomic mass is 19.1. The lowest BCUT2D eigenvalue weighted by Gasteiger charge is -2.12. The predicted molar refractivity (Wildman–Crippen MR) is 117 cm³/mol. The Kier molecular flexibility index (Phi) is 5.57. The zero-order chi connectivity index (χ0) is 21.8. The molecule has 7 heteroatoms. The highest BCUT2D eigenvalue weighted by Crippen LogP contribution is 2.21. The maximum absolute atomic E-state index is 14.0. The summed E-state index contributed by atoms with van der Waals surface area (Å²) in [7, 11) is 0. The fourth-order valence-corrected chi connectivity index (χ4v) is 3.14. The molecule has 154 valence electrons. The molecule has 0 aliphatic heterocycles. The zero-order valence-electron chi connectivity index (χ0n) is 16.7. The number of hydrogen-bond donors (Lipinski definition) is 2. The molecular weight excluding hydrogens is 395 g/mol. The number of rotatable bonds is 5. The minimum atomic E-state index is -0.439. The number of benzene rings is 3. The molecule has 1 aromatic heterocycles. The molecule has 0 radical (unpaired) electrons. The van der Waals surface area contributed by atoms with Gasteiger partial charge in [0.1, 0.15) is 11.5 Å². The van der Waals surface area contributed by atoms with Crippen LogP contribution < -0.4 is 10.6 Å². The van der Waals surface area contributed by atoms with Crippen molar-refractivity contribution in [2.24, 2.45) is 0 Å². The summed E-state index contributed by atoms with van der Waals surface area (Å²) in [6.07, 6.45) is 2.82. The van der Waals surface area contributed by atoms with Gasteiger partial charge in [-0.2, -0.15) is 5.10 Å². The molecule has 0 aliphatic carbocycles. The Balaban J connectivity index is 1.52. The number of halogens is 1. The summed E-state index contributed by atoms with van der Waals surface area (Å²) in [5.41, 5.74) is 2.78. The monoisotopic (exact) mass is 414 g/mol. The van der Waals surface area contributed by atoms with Crippen LogP contribution in [0.5, 0.6) is 0 Å². The van der Waals surface area contributed by atoms with Crippen molar-refractivity contribution < 1.29 is 14.0 Å². The number of carbonyl (C=O) groups is 2. The molecule has 31 heavy (non-hydrogen) atoms. The van der Waals surface area contributed by atoms with E-state index < -0.39 is 11.7 Å². The van der Waals surface area contributed by atoms with Crippen molar-refractivity contribution in [3.63, 3.8) is 0 Å². The van der Waals surface area contributed by atoms with E-state index in [1.807, 2.05) is 18.2 Å². The molecule has 2 amide bonds. The minimum absolute atomic E-state index is 0.248. The van der Waals surface area contributed by atoms with Crippen LogP contribution in [0.1, 0.15) is 26.3 Å². The molecule has 4 aromatic rings. The second-order valence-electron chi connectivity index (χ2n) is 6.88. The van der Waals surface area contributed by atoms with Gasteiger partial charge in [-0.3, -0.25) is 9.59 Å². The lowest BCUT2D eigenvalue weighted by atomic mass is 10.1. The maximum Gasteiger partial charge on any atom is 0.258 e. The van der Waals surface area contributed by atoms with E-state index in [4.69, 9.17) is 0 Å². The summed E-state index contributed by atoms with van der Waals surface area (Å²) in [5, 5.41) is 9.71. The molecule has 6 nitrogen and oxygen atoms in total. The van der Waals surface area contributed by atoms with Gasteiger partial charge in [-0.05, 0) is 48.9 Å². The van der Waals surface area contributed by atoms with E-state index in [1.54, 1.807) is 55.5 Å². The quantitative estimate of drug-likeness (QED) is 0.491. The van der Waals surface area contributed by atoms with E-state index in [1.165, 1.54) is 23.1 Å². The summed E-state index contributed by atoms with van der Waals surface area (Å²) in [4.78, 5) is 25.4. The van der Waals surface area contributed by atoms with Crippen molar-refractivity contribution in [3.8, 4) is 5.69 Å². The van der Waals surface area contributed by atoms with Crippen molar-refractivity contribution in [2.75, 3.05) is 10.6 Å². The van der Waals surface area contributed by atoms with Gasteiger partial charge in [0.05, 0.1) is 11.8 Å².